The highest BCUT2D eigenvalue weighted by Gasteiger charge is 2.50. The highest BCUT2D eigenvalue weighted by atomic mass is 16.3. The minimum atomic E-state index is -0.595. The fourth-order valence-electron chi connectivity index (χ4n) is 6.73. The van der Waals surface area contributed by atoms with E-state index in [9.17, 15) is 10.2 Å². The van der Waals surface area contributed by atoms with E-state index in [4.69, 9.17) is 0 Å². The number of aliphatic hydroxyl groups excluding tert-OH is 2. The lowest BCUT2D eigenvalue weighted by Gasteiger charge is -2.44. The first-order valence-corrected chi connectivity index (χ1v) is 12.2. The maximum absolute atomic E-state index is 10.1. The van der Waals surface area contributed by atoms with Crippen LogP contribution in [0.25, 0.3) is 0 Å². The first-order valence-electron chi connectivity index (χ1n) is 12.2. The summed E-state index contributed by atoms with van der Waals surface area (Å²) in [4.78, 5) is 0. The lowest BCUT2D eigenvalue weighted by atomic mass is 9.60. The highest BCUT2D eigenvalue weighted by molar-refractivity contribution is 5.38. The molecular weight excluding hydrogens is 356 g/mol. The normalized spacial score (nSPS) is 39.3. The zero-order valence-electron chi connectivity index (χ0n) is 19.3. The summed E-state index contributed by atoms with van der Waals surface area (Å²) in [5.41, 5.74) is 3.88. The zero-order valence-corrected chi connectivity index (χ0v) is 19.3. The van der Waals surface area contributed by atoms with Crippen molar-refractivity contribution in [3.63, 3.8) is 0 Å². The number of hydrogen-bond acceptors (Lipinski definition) is 2. The number of hydrogen-bond donors (Lipinski definition) is 2. The predicted octanol–water partition coefficient (Wildman–Crippen LogP) is 6.59. The minimum Gasteiger partial charge on any atom is -0.393 e. The second kappa shape index (κ2) is 9.52. The lowest BCUT2D eigenvalue weighted by Crippen LogP contribution is -2.36. The summed E-state index contributed by atoms with van der Waals surface area (Å²) >= 11 is 0. The van der Waals surface area contributed by atoms with Crippen LogP contribution in [-0.2, 0) is 0 Å². The maximum atomic E-state index is 10.1. The van der Waals surface area contributed by atoms with E-state index in [-0.39, 0.29) is 0 Å². The third-order valence-electron chi connectivity index (χ3n) is 8.43. The smallest absolute Gasteiger partial charge is 0.0811 e. The van der Waals surface area contributed by atoms with Crippen LogP contribution in [0.5, 0.6) is 0 Å². The maximum Gasteiger partial charge on any atom is 0.0811 e. The summed E-state index contributed by atoms with van der Waals surface area (Å²) in [6, 6.07) is 0. The first-order chi connectivity index (χ1) is 13.7. The van der Waals surface area contributed by atoms with Crippen LogP contribution in [-0.4, -0.2) is 22.4 Å². The molecule has 0 aromatic carbocycles. The minimum absolute atomic E-state index is 0.420. The fourth-order valence-corrected chi connectivity index (χ4v) is 6.73. The topological polar surface area (TPSA) is 40.5 Å². The molecule has 2 heteroatoms. The van der Waals surface area contributed by atoms with Gasteiger partial charge in [-0.3, -0.25) is 0 Å². The zero-order chi connectivity index (χ0) is 21.2. The van der Waals surface area contributed by atoms with E-state index in [1.165, 1.54) is 51.4 Å². The Morgan fingerprint density at radius 3 is 2.62 bits per heavy atom. The van der Waals surface area contributed by atoms with Crippen molar-refractivity contribution in [3.8, 4) is 0 Å². The standard InChI is InChI=1S/C27H44O2/c1-18(2)8-6-9-19(3)24-13-14-25-21(10-7-15-27(24,25)5)11-12-22-16-23(28)17-26(29)20(22)4/h11-12,18-19,23-26,28-29H,4,6-10,13-17H2,1-3,5H3/b21-11?,22-12-/t19-,23-,24-,25?,26-,27-/m1/s1. The van der Waals surface area contributed by atoms with Gasteiger partial charge < -0.3 is 10.2 Å². The van der Waals surface area contributed by atoms with Crippen molar-refractivity contribution in [2.75, 3.05) is 0 Å². The van der Waals surface area contributed by atoms with Gasteiger partial charge in [0.25, 0.3) is 0 Å². The number of rotatable bonds is 6. The second-order valence-electron chi connectivity index (χ2n) is 11.0. The van der Waals surface area contributed by atoms with Crippen LogP contribution in [0, 0.1) is 29.1 Å². The van der Waals surface area contributed by atoms with Crippen molar-refractivity contribution in [1.82, 2.24) is 0 Å². The fraction of sp³-hybridized carbons (Fsp3) is 0.778. The van der Waals surface area contributed by atoms with Crippen LogP contribution in [0.2, 0.25) is 0 Å². The van der Waals surface area contributed by atoms with Crippen molar-refractivity contribution >= 4 is 0 Å². The Morgan fingerprint density at radius 1 is 1.14 bits per heavy atom. The predicted molar refractivity (Wildman–Crippen MR) is 123 cm³/mol. The molecule has 1 unspecified atom stereocenters. The van der Waals surface area contributed by atoms with Crippen LogP contribution in [0.15, 0.2) is 35.5 Å². The molecule has 3 saturated carbocycles. The second-order valence-corrected chi connectivity index (χ2v) is 11.0. The molecule has 0 bridgehead atoms. The lowest BCUT2D eigenvalue weighted by molar-refractivity contribution is 0.0861. The van der Waals surface area contributed by atoms with E-state index in [0.717, 1.165) is 28.9 Å². The quantitative estimate of drug-likeness (QED) is 0.528. The van der Waals surface area contributed by atoms with Gasteiger partial charge >= 0.3 is 0 Å². The molecule has 164 valence electrons. The van der Waals surface area contributed by atoms with Crippen LogP contribution in [0.4, 0.5) is 0 Å². The van der Waals surface area contributed by atoms with Crippen molar-refractivity contribution < 1.29 is 10.2 Å². The molecule has 0 heterocycles. The first kappa shape index (κ1) is 22.8. The SMILES string of the molecule is C=C1/C(=C\C=C2CCC[C@@]3(C)C2CC[C@@H]3[C@H](C)CCCC(C)C)C[C@@H](O)C[C@H]1O. The molecule has 2 nitrogen and oxygen atoms in total. The molecule has 29 heavy (non-hydrogen) atoms. The summed E-state index contributed by atoms with van der Waals surface area (Å²) in [6.07, 6.45) is 15.2. The molecule has 3 aliphatic carbocycles. The van der Waals surface area contributed by atoms with E-state index < -0.39 is 12.2 Å². The van der Waals surface area contributed by atoms with Gasteiger partial charge in [-0.15, -0.1) is 0 Å². The molecule has 0 saturated heterocycles. The Hall–Kier alpha value is -0.860. The number of fused-ring (bicyclic) bond motifs is 1. The van der Waals surface area contributed by atoms with Gasteiger partial charge in [-0.25, -0.2) is 0 Å². The molecule has 3 fully saturated rings. The third-order valence-corrected chi connectivity index (χ3v) is 8.43. The van der Waals surface area contributed by atoms with Crippen LogP contribution < -0.4 is 0 Å². The molecule has 3 aliphatic rings. The Morgan fingerprint density at radius 2 is 1.90 bits per heavy atom. The molecule has 0 aromatic heterocycles. The van der Waals surface area contributed by atoms with Gasteiger partial charge in [0.15, 0.2) is 0 Å². The number of allylic oxidation sites excluding steroid dienone is 3. The third kappa shape index (κ3) is 5.07. The van der Waals surface area contributed by atoms with Gasteiger partial charge in [0, 0.05) is 6.42 Å². The van der Waals surface area contributed by atoms with Crippen LogP contribution in [0.1, 0.15) is 91.9 Å². The molecule has 0 radical (unpaired) electrons. The van der Waals surface area contributed by atoms with E-state index in [1.807, 2.05) is 0 Å². The van der Waals surface area contributed by atoms with Crippen molar-refractivity contribution in [3.05, 3.63) is 35.5 Å². The van der Waals surface area contributed by atoms with Gasteiger partial charge in [-0.05, 0) is 78.8 Å². The molecule has 0 amide bonds. The summed E-state index contributed by atoms with van der Waals surface area (Å²) in [7, 11) is 0. The van der Waals surface area contributed by atoms with Crippen molar-refractivity contribution in [1.29, 1.82) is 0 Å². The molecule has 0 aliphatic heterocycles. The van der Waals surface area contributed by atoms with E-state index in [1.54, 1.807) is 5.57 Å². The molecule has 0 aromatic rings. The van der Waals surface area contributed by atoms with Crippen molar-refractivity contribution in [2.24, 2.45) is 29.1 Å². The number of aliphatic hydroxyl groups is 2. The average Bonchev–Trinajstić information content (AvgIpc) is 3.00. The summed E-state index contributed by atoms with van der Waals surface area (Å²) in [5.74, 6) is 3.20. The largest absolute Gasteiger partial charge is 0.393 e. The van der Waals surface area contributed by atoms with Gasteiger partial charge in [0.1, 0.15) is 0 Å². The van der Waals surface area contributed by atoms with E-state index in [0.29, 0.717) is 24.2 Å². The Balaban J connectivity index is 1.71. The van der Waals surface area contributed by atoms with Crippen LogP contribution in [0.3, 0.4) is 0 Å². The molecule has 0 spiro atoms. The van der Waals surface area contributed by atoms with Crippen molar-refractivity contribution in [2.45, 2.75) is 104 Å². The average molecular weight is 401 g/mol. The van der Waals surface area contributed by atoms with Crippen LogP contribution >= 0.6 is 0 Å². The van der Waals surface area contributed by atoms with Gasteiger partial charge in [-0.2, -0.15) is 0 Å². The molecule has 2 N–H and O–H groups in total. The Labute approximate surface area is 179 Å². The van der Waals surface area contributed by atoms with Gasteiger partial charge in [0.2, 0.25) is 0 Å². The Kier molecular flexibility index (Phi) is 7.49. The highest BCUT2D eigenvalue weighted by Crippen LogP contribution is 2.59. The van der Waals surface area contributed by atoms with E-state index >= 15 is 0 Å². The summed E-state index contributed by atoms with van der Waals surface area (Å²) in [6.45, 7) is 13.8. The molecule has 3 rings (SSSR count). The monoisotopic (exact) mass is 400 g/mol. The van der Waals surface area contributed by atoms with Gasteiger partial charge in [-0.1, -0.05) is 71.3 Å². The van der Waals surface area contributed by atoms with Gasteiger partial charge in [0.05, 0.1) is 12.2 Å². The molecule has 6 atom stereocenters. The van der Waals surface area contributed by atoms with E-state index in [2.05, 4.69) is 46.4 Å². The Bertz CT molecular complexity index is 643. The molecular formula is C27H44O2. The summed E-state index contributed by atoms with van der Waals surface area (Å²) < 4.78 is 0. The summed E-state index contributed by atoms with van der Waals surface area (Å²) in [5, 5.41) is 20.2.